The highest BCUT2D eigenvalue weighted by Crippen LogP contribution is 2.53. The molecule has 1 aliphatic heterocycles. The molecule has 2 heterocycles. The number of hydrogen-bond donors (Lipinski definition) is 0. The first-order valence-electron chi connectivity index (χ1n) is 9.09. The van der Waals surface area contributed by atoms with E-state index in [1.54, 1.807) is 6.07 Å². The summed E-state index contributed by atoms with van der Waals surface area (Å²) in [5, 5.41) is 4.28. The highest BCUT2D eigenvalue weighted by molar-refractivity contribution is 5.93. The van der Waals surface area contributed by atoms with Crippen molar-refractivity contribution in [2.45, 2.75) is 38.6 Å². The topological polar surface area (TPSA) is 47.4 Å². The first kappa shape index (κ1) is 18.8. The Hall–Kier alpha value is -2.58. The lowest BCUT2D eigenvalue weighted by Crippen LogP contribution is -2.54. The second kappa shape index (κ2) is 6.79. The number of nitrogens with zero attached hydrogens (tertiary/aromatic N) is 3. The molecule has 0 radical (unpaired) electrons. The van der Waals surface area contributed by atoms with Gasteiger partial charge in [-0.2, -0.15) is 18.3 Å². The zero-order valence-corrected chi connectivity index (χ0v) is 15.0. The van der Waals surface area contributed by atoms with E-state index in [1.807, 2.05) is 0 Å². The summed E-state index contributed by atoms with van der Waals surface area (Å²) in [4.78, 5) is 14.0. The lowest BCUT2D eigenvalue weighted by atomic mass is 9.67. The van der Waals surface area contributed by atoms with E-state index in [0.29, 0.717) is 24.4 Å². The van der Waals surface area contributed by atoms with E-state index in [1.165, 1.54) is 33.8 Å². The van der Waals surface area contributed by atoms with Gasteiger partial charge in [-0.3, -0.25) is 9.48 Å². The van der Waals surface area contributed by atoms with Crippen LogP contribution in [0.2, 0.25) is 0 Å². The van der Waals surface area contributed by atoms with Crippen molar-refractivity contribution in [1.29, 1.82) is 0 Å². The van der Waals surface area contributed by atoms with Crippen LogP contribution in [-0.4, -0.2) is 39.9 Å². The first-order valence-corrected chi connectivity index (χ1v) is 9.09. The van der Waals surface area contributed by atoms with Gasteiger partial charge in [0, 0.05) is 19.2 Å². The minimum atomic E-state index is -4.31. The Morgan fingerprint density at radius 3 is 2.61 bits per heavy atom. The summed E-state index contributed by atoms with van der Waals surface area (Å²) in [5.74, 6) is -0.552. The maximum absolute atomic E-state index is 13.4. The third-order valence-corrected chi connectivity index (χ3v) is 5.51. The molecule has 0 N–H and O–H groups in total. The number of halogens is 4. The van der Waals surface area contributed by atoms with Gasteiger partial charge in [0.2, 0.25) is 0 Å². The van der Waals surface area contributed by atoms with E-state index in [4.69, 9.17) is 4.74 Å². The average molecular weight is 397 g/mol. The molecule has 0 atom stereocenters. The second-order valence-electron chi connectivity index (χ2n) is 7.35. The molecule has 1 aromatic heterocycles. The normalized spacial score (nSPS) is 18.6. The van der Waals surface area contributed by atoms with Crippen LogP contribution in [0.15, 0.2) is 30.3 Å². The van der Waals surface area contributed by atoms with Crippen molar-refractivity contribution in [2.75, 3.05) is 13.1 Å². The zero-order valence-electron chi connectivity index (χ0n) is 15.0. The van der Waals surface area contributed by atoms with Crippen LogP contribution in [0, 0.1) is 11.2 Å². The number of hydrogen-bond acceptors (Lipinski definition) is 3. The van der Waals surface area contributed by atoms with Crippen molar-refractivity contribution in [3.05, 3.63) is 47.5 Å². The van der Waals surface area contributed by atoms with Gasteiger partial charge in [-0.15, -0.1) is 0 Å². The quantitative estimate of drug-likeness (QED) is 0.722. The Morgan fingerprint density at radius 2 is 1.96 bits per heavy atom. The number of ether oxygens (including phenoxy) is 1. The molecule has 9 heteroatoms. The van der Waals surface area contributed by atoms with Crippen LogP contribution in [-0.2, 0) is 13.2 Å². The third-order valence-electron chi connectivity index (χ3n) is 5.51. The number of amides is 1. The molecule has 2 aromatic rings. The minimum Gasteiger partial charge on any atom is -0.487 e. The van der Waals surface area contributed by atoms with Gasteiger partial charge in [0.05, 0.1) is 12.0 Å². The molecule has 1 aliphatic carbocycles. The number of carbonyl (C=O) groups excluding carboxylic acids is 1. The minimum absolute atomic E-state index is 0.0310. The highest BCUT2D eigenvalue weighted by atomic mass is 19.4. The van der Waals surface area contributed by atoms with Crippen LogP contribution >= 0.6 is 0 Å². The van der Waals surface area contributed by atoms with Crippen molar-refractivity contribution < 1.29 is 27.1 Å². The number of aromatic nitrogens is 2. The molecule has 0 unspecified atom stereocenters. The molecule has 4 rings (SSSR count). The molecule has 1 fully saturated rings. The Bertz CT molecular complexity index is 890. The van der Waals surface area contributed by atoms with E-state index >= 15 is 0 Å². The fourth-order valence-corrected chi connectivity index (χ4v) is 3.73. The molecule has 2 aliphatic rings. The van der Waals surface area contributed by atoms with Crippen molar-refractivity contribution in [1.82, 2.24) is 14.7 Å². The van der Waals surface area contributed by atoms with Gasteiger partial charge >= 0.3 is 6.18 Å². The molecular weight excluding hydrogens is 378 g/mol. The second-order valence-corrected chi connectivity index (χ2v) is 7.35. The molecule has 0 bridgehead atoms. The SMILES string of the molecule is O=C1c2cc(COc3cccc(F)c3)nn2CCN1CC1(C(F)(F)F)CCC1. The lowest BCUT2D eigenvalue weighted by molar-refractivity contribution is -0.254. The highest BCUT2D eigenvalue weighted by Gasteiger charge is 2.59. The van der Waals surface area contributed by atoms with Crippen LogP contribution in [0.4, 0.5) is 17.6 Å². The van der Waals surface area contributed by atoms with Gasteiger partial charge in [0.25, 0.3) is 5.91 Å². The van der Waals surface area contributed by atoms with Crippen LogP contribution in [0.5, 0.6) is 5.75 Å². The van der Waals surface area contributed by atoms with Gasteiger partial charge in [-0.1, -0.05) is 12.5 Å². The largest absolute Gasteiger partial charge is 0.487 e. The van der Waals surface area contributed by atoms with E-state index in [9.17, 15) is 22.4 Å². The summed E-state index contributed by atoms with van der Waals surface area (Å²) in [5.41, 5.74) is -1.07. The summed E-state index contributed by atoms with van der Waals surface area (Å²) in [6.07, 6.45) is -3.66. The molecule has 0 saturated heterocycles. The van der Waals surface area contributed by atoms with E-state index in [-0.39, 0.29) is 38.2 Å². The number of benzene rings is 1. The number of fused-ring (bicyclic) bond motifs is 1. The summed E-state index contributed by atoms with van der Waals surface area (Å²) < 4.78 is 60.4. The van der Waals surface area contributed by atoms with Crippen LogP contribution < -0.4 is 4.74 Å². The van der Waals surface area contributed by atoms with Gasteiger partial charge in [0.15, 0.2) is 0 Å². The lowest BCUT2D eigenvalue weighted by Gasteiger charge is -2.46. The van der Waals surface area contributed by atoms with E-state index in [2.05, 4.69) is 5.10 Å². The molecule has 5 nitrogen and oxygen atoms in total. The Labute approximate surface area is 158 Å². The Balaban J connectivity index is 1.45. The van der Waals surface area contributed by atoms with E-state index < -0.39 is 23.3 Å². The predicted molar refractivity (Wildman–Crippen MR) is 91.2 cm³/mol. The molecular formula is C19H19F4N3O2. The standard InChI is InChI=1S/C19H19F4N3O2/c20-13-3-1-4-15(9-13)28-11-14-10-16-17(27)25(7-8-26(16)24-14)12-18(5-2-6-18)19(21,22)23/h1,3-4,9-10H,2,5-8,11-12H2. The fraction of sp³-hybridized carbons (Fsp3) is 0.474. The smallest absolute Gasteiger partial charge is 0.396 e. The fourth-order valence-electron chi connectivity index (χ4n) is 3.73. The van der Waals surface area contributed by atoms with Gasteiger partial charge < -0.3 is 9.64 Å². The maximum atomic E-state index is 13.4. The molecule has 0 spiro atoms. The summed E-state index contributed by atoms with van der Waals surface area (Å²) in [7, 11) is 0. The van der Waals surface area contributed by atoms with Gasteiger partial charge in [0.1, 0.15) is 29.6 Å². The van der Waals surface area contributed by atoms with Crippen molar-refractivity contribution in [3.63, 3.8) is 0 Å². The van der Waals surface area contributed by atoms with Crippen LogP contribution in [0.3, 0.4) is 0 Å². The van der Waals surface area contributed by atoms with Crippen LogP contribution in [0.1, 0.15) is 35.4 Å². The monoisotopic (exact) mass is 397 g/mol. The van der Waals surface area contributed by atoms with Gasteiger partial charge in [-0.25, -0.2) is 4.39 Å². The van der Waals surface area contributed by atoms with Crippen molar-refractivity contribution in [2.24, 2.45) is 5.41 Å². The predicted octanol–water partition coefficient (Wildman–Crippen LogP) is 3.79. The third kappa shape index (κ3) is 3.33. The summed E-state index contributed by atoms with van der Waals surface area (Å²) >= 11 is 0. The Kier molecular flexibility index (Phi) is 4.55. The summed E-state index contributed by atoms with van der Waals surface area (Å²) in [6, 6.07) is 7.17. The maximum Gasteiger partial charge on any atom is 0.396 e. The molecule has 150 valence electrons. The molecule has 1 aromatic carbocycles. The van der Waals surface area contributed by atoms with Crippen molar-refractivity contribution >= 4 is 5.91 Å². The Morgan fingerprint density at radius 1 is 1.18 bits per heavy atom. The molecule has 28 heavy (non-hydrogen) atoms. The molecule has 1 saturated carbocycles. The number of carbonyl (C=O) groups is 1. The van der Waals surface area contributed by atoms with Crippen molar-refractivity contribution in [3.8, 4) is 5.75 Å². The summed E-state index contributed by atoms with van der Waals surface area (Å²) in [6.45, 7) is 0.239. The molecule has 1 amide bonds. The first-order chi connectivity index (χ1) is 13.3. The zero-order chi connectivity index (χ0) is 19.9. The van der Waals surface area contributed by atoms with Crippen LogP contribution in [0.25, 0.3) is 0 Å². The number of rotatable bonds is 5. The van der Waals surface area contributed by atoms with E-state index in [0.717, 1.165) is 0 Å². The number of alkyl halides is 3. The average Bonchev–Trinajstić information content (AvgIpc) is 3.01. The van der Waals surface area contributed by atoms with Gasteiger partial charge in [-0.05, 0) is 31.0 Å².